The molecule has 1 fully saturated rings. The molecule has 0 spiro atoms. The third kappa shape index (κ3) is 7.01. The second-order valence-corrected chi connectivity index (χ2v) is 11.3. The monoisotopic (exact) mass is 628 g/mol. The van der Waals surface area contributed by atoms with Crippen LogP contribution in [0.15, 0.2) is 104 Å². The number of hydrogen-bond acceptors (Lipinski definition) is 6. The smallest absolute Gasteiger partial charge is 0.253 e. The van der Waals surface area contributed by atoms with Crippen LogP contribution in [0.3, 0.4) is 0 Å². The quantitative estimate of drug-likeness (QED) is 0.184. The van der Waals surface area contributed by atoms with E-state index in [1.165, 1.54) is 0 Å². The minimum absolute atomic E-state index is 0.0185. The number of nitrogens with one attached hydrogen (secondary N) is 1. The summed E-state index contributed by atoms with van der Waals surface area (Å²) in [7, 11) is 0. The van der Waals surface area contributed by atoms with Crippen molar-refractivity contribution in [3.63, 3.8) is 0 Å². The first-order valence-corrected chi connectivity index (χ1v) is 15.0. The lowest BCUT2D eigenvalue weighted by Gasteiger charge is -2.36. The summed E-state index contributed by atoms with van der Waals surface area (Å²) in [4.78, 5) is 20.5. The fourth-order valence-corrected chi connectivity index (χ4v) is 5.51. The number of aromatic nitrogens is 3. The second kappa shape index (κ2) is 13.7. The maximum Gasteiger partial charge on any atom is 0.253 e. The van der Waals surface area contributed by atoms with Crippen molar-refractivity contribution >= 4 is 29.1 Å². The maximum atomic E-state index is 12.4. The maximum absolute atomic E-state index is 12.4. The van der Waals surface area contributed by atoms with Crippen molar-refractivity contribution in [2.45, 2.75) is 44.6 Å². The van der Waals surface area contributed by atoms with E-state index >= 15 is 0 Å². The van der Waals surface area contributed by atoms with Crippen LogP contribution < -0.4 is 5.32 Å². The predicted molar refractivity (Wildman–Crippen MR) is 168 cm³/mol. The molecule has 2 N–H and O–H groups in total. The standard InChI is InChI=1S/C34H30Cl2N4O4/c35-31-32(36)40(21-39-31)19-29-16-30(25-8-6-22(20-41)7-9-25)44-34(43-29)26-12-10-24(11-13-26)27-4-1-3-23(15-27)17-38-33(42)28-5-2-14-37-18-28/h1-15,18,21,29-30,34,41H,16-17,19-20H2,(H,38,42)/t29-,30+,34+/m1/s1. The van der Waals surface area contributed by atoms with Crippen molar-refractivity contribution in [2.75, 3.05) is 0 Å². The molecule has 8 nitrogen and oxygen atoms in total. The Morgan fingerprint density at radius 1 is 0.932 bits per heavy atom. The summed E-state index contributed by atoms with van der Waals surface area (Å²) in [6.45, 7) is 0.846. The Morgan fingerprint density at radius 2 is 1.73 bits per heavy atom. The van der Waals surface area contributed by atoms with Gasteiger partial charge in [-0.05, 0) is 46.0 Å². The van der Waals surface area contributed by atoms with Crippen molar-refractivity contribution in [1.29, 1.82) is 0 Å². The first kappa shape index (κ1) is 30.0. The van der Waals surface area contributed by atoms with Gasteiger partial charge in [-0.1, -0.05) is 89.9 Å². The van der Waals surface area contributed by atoms with Gasteiger partial charge < -0.3 is 24.5 Å². The molecule has 2 aromatic heterocycles. The number of nitrogens with zero attached hydrogens (tertiary/aromatic N) is 3. The van der Waals surface area contributed by atoms with E-state index < -0.39 is 6.29 Å². The van der Waals surface area contributed by atoms with Crippen LogP contribution in [-0.2, 0) is 29.2 Å². The van der Waals surface area contributed by atoms with Crippen molar-refractivity contribution in [3.05, 3.63) is 142 Å². The molecule has 0 aliphatic carbocycles. The second-order valence-electron chi connectivity index (χ2n) is 10.6. The van der Waals surface area contributed by atoms with Gasteiger partial charge in [0, 0.05) is 30.9 Å². The van der Waals surface area contributed by atoms with Crippen LogP contribution in [0, 0.1) is 0 Å². The van der Waals surface area contributed by atoms with Crippen LogP contribution in [0.1, 0.15) is 51.4 Å². The number of pyridine rings is 1. The third-order valence-electron chi connectivity index (χ3n) is 7.57. The molecular weight excluding hydrogens is 599 g/mol. The van der Waals surface area contributed by atoms with Crippen LogP contribution in [-0.4, -0.2) is 31.7 Å². The summed E-state index contributed by atoms with van der Waals surface area (Å²) >= 11 is 12.4. The topological polar surface area (TPSA) is 98.5 Å². The minimum Gasteiger partial charge on any atom is -0.392 e. The third-order valence-corrected chi connectivity index (χ3v) is 8.34. The highest BCUT2D eigenvalue weighted by molar-refractivity contribution is 6.40. The van der Waals surface area contributed by atoms with Gasteiger partial charge in [0.2, 0.25) is 0 Å². The summed E-state index contributed by atoms with van der Waals surface area (Å²) in [6.07, 6.45) is 4.32. The van der Waals surface area contributed by atoms with Crippen LogP contribution in [0.5, 0.6) is 0 Å². The number of imidazole rings is 1. The Morgan fingerprint density at radius 3 is 2.43 bits per heavy atom. The average Bonchev–Trinajstić information content (AvgIpc) is 3.39. The van der Waals surface area contributed by atoms with E-state index in [1.807, 2.05) is 66.7 Å². The molecule has 1 aliphatic rings. The number of carbonyl (C=O) groups is 1. The lowest BCUT2D eigenvalue weighted by atomic mass is 9.99. The number of halogens is 2. The van der Waals surface area contributed by atoms with Crippen LogP contribution in [0.25, 0.3) is 11.1 Å². The summed E-state index contributed by atoms with van der Waals surface area (Å²) in [6, 6.07) is 27.4. The molecule has 1 amide bonds. The lowest BCUT2D eigenvalue weighted by Crippen LogP contribution is -2.32. The first-order chi connectivity index (χ1) is 21.5. The molecule has 10 heteroatoms. The zero-order chi connectivity index (χ0) is 30.5. The number of benzene rings is 3. The highest BCUT2D eigenvalue weighted by atomic mass is 35.5. The Labute approximate surface area is 265 Å². The Hall–Kier alpha value is -4.05. The molecule has 0 saturated carbocycles. The van der Waals surface area contributed by atoms with E-state index in [9.17, 15) is 9.90 Å². The van der Waals surface area contributed by atoms with Gasteiger partial charge in [0.25, 0.3) is 5.91 Å². The fraction of sp³-hybridized carbons (Fsp3) is 0.206. The molecule has 6 rings (SSSR count). The summed E-state index contributed by atoms with van der Waals surface area (Å²) < 4.78 is 14.7. The number of hydrogen-bond donors (Lipinski definition) is 2. The van der Waals surface area contributed by atoms with Gasteiger partial charge in [-0.25, -0.2) is 4.98 Å². The molecule has 0 radical (unpaired) electrons. The van der Waals surface area contributed by atoms with Crippen LogP contribution in [0.4, 0.5) is 0 Å². The summed E-state index contributed by atoms with van der Waals surface area (Å²) in [5, 5.41) is 13.0. The van der Waals surface area contributed by atoms with Crippen LogP contribution in [0.2, 0.25) is 10.3 Å². The molecule has 1 aliphatic heterocycles. The summed E-state index contributed by atoms with van der Waals surface area (Å²) in [5.74, 6) is -0.167. The lowest BCUT2D eigenvalue weighted by molar-refractivity contribution is -0.252. The zero-order valence-electron chi connectivity index (χ0n) is 23.6. The van der Waals surface area contributed by atoms with E-state index in [-0.39, 0.29) is 29.9 Å². The molecule has 224 valence electrons. The molecule has 3 heterocycles. The van der Waals surface area contributed by atoms with Crippen molar-refractivity contribution in [2.24, 2.45) is 0 Å². The average molecular weight is 630 g/mol. The SMILES string of the molecule is O=C(NCc1cccc(-c2ccc([C@H]3O[C@@H](Cn4cnc(Cl)c4Cl)C[C@@H](c4ccc(CO)cc4)O3)cc2)c1)c1cccnc1. The molecule has 3 aromatic carbocycles. The van der Waals surface area contributed by atoms with Gasteiger partial charge in [0.1, 0.15) is 5.15 Å². The van der Waals surface area contributed by atoms with Gasteiger partial charge >= 0.3 is 0 Å². The minimum atomic E-state index is -0.614. The number of carbonyl (C=O) groups excluding carboxylic acids is 1. The van der Waals surface area contributed by atoms with E-state index in [0.717, 1.165) is 33.4 Å². The Bertz CT molecular complexity index is 1710. The van der Waals surface area contributed by atoms with Crippen molar-refractivity contribution < 1.29 is 19.4 Å². The van der Waals surface area contributed by atoms with Crippen molar-refractivity contribution in [3.8, 4) is 11.1 Å². The highest BCUT2D eigenvalue weighted by Crippen LogP contribution is 2.39. The summed E-state index contributed by atoms with van der Waals surface area (Å²) in [5.41, 5.74) is 6.28. The molecule has 3 atom stereocenters. The molecule has 44 heavy (non-hydrogen) atoms. The van der Waals surface area contributed by atoms with E-state index in [4.69, 9.17) is 32.7 Å². The molecule has 0 unspecified atom stereocenters. The Kier molecular flexibility index (Phi) is 9.35. The van der Waals surface area contributed by atoms with Gasteiger partial charge in [0.05, 0.1) is 37.3 Å². The zero-order valence-corrected chi connectivity index (χ0v) is 25.2. The molecule has 5 aromatic rings. The fourth-order valence-electron chi connectivity index (χ4n) is 5.20. The van der Waals surface area contributed by atoms with E-state index in [1.54, 1.807) is 35.4 Å². The van der Waals surface area contributed by atoms with Crippen molar-refractivity contribution in [1.82, 2.24) is 19.9 Å². The number of aliphatic hydroxyl groups excluding tert-OH is 1. The Balaban J connectivity index is 1.18. The highest BCUT2D eigenvalue weighted by Gasteiger charge is 2.33. The normalized spacial score (nSPS) is 18.2. The van der Waals surface area contributed by atoms with Gasteiger partial charge in [-0.2, -0.15) is 0 Å². The largest absolute Gasteiger partial charge is 0.392 e. The number of aliphatic hydroxyl groups is 1. The molecule has 0 bridgehead atoms. The van der Waals surface area contributed by atoms with E-state index in [2.05, 4.69) is 21.4 Å². The first-order valence-electron chi connectivity index (χ1n) is 14.2. The molecular formula is C34H30Cl2N4O4. The predicted octanol–water partition coefficient (Wildman–Crippen LogP) is 6.92. The van der Waals surface area contributed by atoms with Gasteiger partial charge in [-0.3, -0.25) is 9.78 Å². The van der Waals surface area contributed by atoms with Gasteiger partial charge in [-0.15, -0.1) is 0 Å². The van der Waals surface area contributed by atoms with Crippen LogP contribution >= 0.6 is 23.2 Å². The van der Waals surface area contributed by atoms with Gasteiger partial charge in [0.15, 0.2) is 11.4 Å². The number of amides is 1. The molecule has 1 saturated heterocycles. The van der Waals surface area contributed by atoms with E-state index in [0.29, 0.717) is 30.2 Å². The number of rotatable bonds is 9. The number of ether oxygens (including phenoxy) is 2.